The third-order valence-electron chi connectivity index (χ3n) is 4.34. The summed E-state index contributed by atoms with van der Waals surface area (Å²) in [6.07, 6.45) is 1.53. The number of piperidine rings is 1. The number of carbonyl (C=O) groups is 1. The van der Waals surface area contributed by atoms with Crippen molar-refractivity contribution >= 4 is 27.3 Å². The first-order valence-corrected chi connectivity index (χ1v) is 8.19. The van der Waals surface area contributed by atoms with Crippen LogP contribution in [0.1, 0.15) is 23.2 Å². The van der Waals surface area contributed by atoms with E-state index in [1.165, 1.54) is 0 Å². The van der Waals surface area contributed by atoms with Crippen LogP contribution in [0.3, 0.4) is 0 Å². The average Bonchev–Trinajstić information content (AvgIpc) is 3.15. The van der Waals surface area contributed by atoms with Crippen LogP contribution in [0.25, 0.3) is 10.1 Å². The number of thiophene rings is 1. The van der Waals surface area contributed by atoms with E-state index in [9.17, 15) is 4.79 Å². The number of hydrogen-bond donors (Lipinski definition) is 0. The van der Waals surface area contributed by atoms with E-state index in [0.29, 0.717) is 26.3 Å². The summed E-state index contributed by atoms with van der Waals surface area (Å²) in [5.41, 5.74) is 0.819. The second kappa shape index (κ2) is 5.09. The fourth-order valence-electron chi connectivity index (χ4n) is 3.15. The Morgan fingerprint density at radius 1 is 1.14 bits per heavy atom. The maximum atomic E-state index is 12.7. The molecule has 110 valence electrons. The lowest BCUT2D eigenvalue weighted by Gasteiger charge is -2.37. The van der Waals surface area contributed by atoms with Crippen molar-refractivity contribution in [2.45, 2.75) is 18.6 Å². The lowest BCUT2D eigenvalue weighted by atomic mass is 10.0. The Balaban J connectivity index is 1.53. The highest BCUT2D eigenvalue weighted by molar-refractivity contribution is 7.17. The van der Waals surface area contributed by atoms with Crippen LogP contribution >= 0.6 is 11.3 Å². The third kappa shape index (κ3) is 2.25. The minimum Gasteiger partial charge on any atom is -0.347 e. The number of fused-ring (bicyclic) bond motifs is 1. The fraction of sp³-hybridized carbons (Fsp3) is 0.438. The topological polar surface area (TPSA) is 38.8 Å². The van der Waals surface area contributed by atoms with Gasteiger partial charge in [0.2, 0.25) is 0 Å². The van der Waals surface area contributed by atoms with Gasteiger partial charge in [0, 0.05) is 41.4 Å². The zero-order valence-corrected chi connectivity index (χ0v) is 12.5. The van der Waals surface area contributed by atoms with Crippen LogP contribution in [0.15, 0.2) is 29.6 Å². The number of nitrogens with zero attached hydrogens (tertiary/aromatic N) is 1. The van der Waals surface area contributed by atoms with Crippen molar-refractivity contribution < 1.29 is 14.3 Å². The Bertz CT molecular complexity index is 665. The van der Waals surface area contributed by atoms with Gasteiger partial charge in [0.05, 0.1) is 18.8 Å². The largest absolute Gasteiger partial charge is 0.347 e. The zero-order valence-electron chi connectivity index (χ0n) is 11.7. The molecule has 0 bridgehead atoms. The molecule has 0 aliphatic carbocycles. The zero-order chi connectivity index (χ0) is 14.3. The van der Waals surface area contributed by atoms with Crippen molar-refractivity contribution in [2.24, 2.45) is 0 Å². The van der Waals surface area contributed by atoms with E-state index in [1.807, 2.05) is 28.5 Å². The average molecular weight is 303 g/mol. The molecule has 4 nitrogen and oxygen atoms in total. The standard InChI is InChI=1S/C16H17NO3S/c18-15(13-11-21-14-4-2-1-3-12(13)14)17-7-5-16(6-8-17)19-9-10-20-16/h1-4,11H,5-10H2. The Labute approximate surface area is 127 Å². The Kier molecular flexibility index (Phi) is 3.21. The lowest BCUT2D eigenvalue weighted by Crippen LogP contribution is -2.47. The first-order valence-electron chi connectivity index (χ1n) is 7.31. The smallest absolute Gasteiger partial charge is 0.255 e. The molecular weight excluding hydrogens is 286 g/mol. The van der Waals surface area contributed by atoms with Crippen LogP contribution in [0.4, 0.5) is 0 Å². The van der Waals surface area contributed by atoms with Crippen molar-refractivity contribution in [1.29, 1.82) is 0 Å². The van der Waals surface area contributed by atoms with Crippen LogP contribution < -0.4 is 0 Å². The highest BCUT2D eigenvalue weighted by Gasteiger charge is 2.41. The normalized spacial score (nSPS) is 21.2. The first kappa shape index (κ1) is 13.2. The first-order chi connectivity index (χ1) is 10.3. The van der Waals surface area contributed by atoms with Gasteiger partial charge in [-0.15, -0.1) is 11.3 Å². The summed E-state index contributed by atoms with van der Waals surface area (Å²) >= 11 is 1.63. The maximum Gasteiger partial charge on any atom is 0.255 e. The number of ether oxygens (including phenoxy) is 2. The van der Waals surface area contributed by atoms with Gasteiger partial charge in [-0.1, -0.05) is 18.2 Å². The van der Waals surface area contributed by atoms with Gasteiger partial charge in [0.15, 0.2) is 5.79 Å². The molecule has 2 aliphatic rings. The number of likely N-dealkylation sites (tertiary alicyclic amines) is 1. The van der Waals surface area contributed by atoms with E-state index < -0.39 is 5.79 Å². The summed E-state index contributed by atoms with van der Waals surface area (Å²) in [5.74, 6) is -0.298. The van der Waals surface area contributed by atoms with Crippen LogP contribution in [-0.2, 0) is 9.47 Å². The molecule has 5 heteroatoms. The van der Waals surface area contributed by atoms with Gasteiger partial charge >= 0.3 is 0 Å². The molecule has 1 spiro atoms. The van der Waals surface area contributed by atoms with Gasteiger partial charge in [-0.05, 0) is 6.07 Å². The molecule has 2 aromatic rings. The SMILES string of the molecule is O=C(c1csc2ccccc12)N1CCC2(CC1)OCCO2. The van der Waals surface area contributed by atoms with Crippen LogP contribution in [0.2, 0.25) is 0 Å². The van der Waals surface area contributed by atoms with E-state index in [0.717, 1.165) is 28.5 Å². The molecule has 2 saturated heterocycles. The van der Waals surface area contributed by atoms with Crippen molar-refractivity contribution in [2.75, 3.05) is 26.3 Å². The molecule has 1 aromatic carbocycles. The molecular formula is C16H17NO3S. The number of rotatable bonds is 1. The molecule has 0 radical (unpaired) electrons. The molecule has 0 saturated carbocycles. The number of amides is 1. The monoisotopic (exact) mass is 303 g/mol. The molecule has 2 aliphatic heterocycles. The molecule has 1 amide bonds. The Hall–Kier alpha value is -1.43. The highest BCUT2D eigenvalue weighted by atomic mass is 32.1. The minimum atomic E-state index is -0.423. The third-order valence-corrected chi connectivity index (χ3v) is 5.30. The number of hydrogen-bond acceptors (Lipinski definition) is 4. The summed E-state index contributed by atoms with van der Waals surface area (Å²) in [4.78, 5) is 14.7. The van der Waals surface area contributed by atoms with Crippen LogP contribution in [-0.4, -0.2) is 42.9 Å². The van der Waals surface area contributed by atoms with E-state index in [1.54, 1.807) is 11.3 Å². The van der Waals surface area contributed by atoms with Gasteiger partial charge in [-0.3, -0.25) is 4.79 Å². The molecule has 2 fully saturated rings. The summed E-state index contributed by atoms with van der Waals surface area (Å²) in [6.45, 7) is 2.73. The summed E-state index contributed by atoms with van der Waals surface area (Å²) in [7, 11) is 0. The molecule has 0 N–H and O–H groups in total. The summed E-state index contributed by atoms with van der Waals surface area (Å²) < 4.78 is 12.6. The van der Waals surface area contributed by atoms with Crippen molar-refractivity contribution in [3.63, 3.8) is 0 Å². The molecule has 0 unspecified atom stereocenters. The lowest BCUT2D eigenvalue weighted by molar-refractivity contribution is -0.181. The van der Waals surface area contributed by atoms with E-state index in [4.69, 9.17) is 9.47 Å². The van der Waals surface area contributed by atoms with Crippen LogP contribution in [0.5, 0.6) is 0 Å². The second-order valence-electron chi connectivity index (χ2n) is 5.55. The number of benzene rings is 1. The van der Waals surface area contributed by atoms with Crippen LogP contribution in [0, 0.1) is 0 Å². The quantitative estimate of drug-likeness (QED) is 0.813. The summed E-state index contributed by atoms with van der Waals surface area (Å²) in [6, 6.07) is 8.07. The predicted octanol–water partition coefficient (Wildman–Crippen LogP) is 2.88. The van der Waals surface area contributed by atoms with Gasteiger partial charge in [0.1, 0.15) is 0 Å². The molecule has 4 rings (SSSR count). The Morgan fingerprint density at radius 3 is 2.62 bits per heavy atom. The fourth-order valence-corrected chi connectivity index (χ4v) is 4.08. The van der Waals surface area contributed by atoms with Gasteiger partial charge < -0.3 is 14.4 Å². The van der Waals surface area contributed by atoms with Crippen molar-refractivity contribution in [1.82, 2.24) is 4.90 Å². The van der Waals surface area contributed by atoms with E-state index in [-0.39, 0.29) is 5.91 Å². The maximum absolute atomic E-state index is 12.7. The van der Waals surface area contributed by atoms with Crippen molar-refractivity contribution in [3.05, 3.63) is 35.2 Å². The second-order valence-corrected chi connectivity index (χ2v) is 6.46. The van der Waals surface area contributed by atoms with Gasteiger partial charge in [0.25, 0.3) is 5.91 Å². The molecule has 21 heavy (non-hydrogen) atoms. The van der Waals surface area contributed by atoms with E-state index >= 15 is 0 Å². The number of carbonyl (C=O) groups excluding carboxylic acids is 1. The molecule has 0 atom stereocenters. The van der Waals surface area contributed by atoms with Crippen molar-refractivity contribution in [3.8, 4) is 0 Å². The molecule has 1 aromatic heterocycles. The van der Waals surface area contributed by atoms with E-state index in [2.05, 4.69) is 6.07 Å². The van der Waals surface area contributed by atoms with Gasteiger partial charge in [-0.2, -0.15) is 0 Å². The predicted molar refractivity (Wildman–Crippen MR) is 81.6 cm³/mol. The minimum absolute atomic E-state index is 0.125. The Morgan fingerprint density at radius 2 is 1.86 bits per heavy atom. The molecule has 3 heterocycles. The highest BCUT2D eigenvalue weighted by Crippen LogP contribution is 2.33. The summed E-state index contributed by atoms with van der Waals surface area (Å²) in [5, 5.41) is 3.03. The van der Waals surface area contributed by atoms with Gasteiger partial charge in [-0.25, -0.2) is 0 Å².